The van der Waals surface area contributed by atoms with Crippen LogP contribution >= 0.6 is 0 Å². The number of nitrogens with one attached hydrogen (secondary N) is 1. The van der Waals surface area contributed by atoms with E-state index < -0.39 is 5.60 Å². The predicted molar refractivity (Wildman–Crippen MR) is 102 cm³/mol. The Morgan fingerprint density at radius 2 is 2.12 bits per heavy atom. The third-order valence-corrected chi connectivity index (χ3v) is 4.78. The van der Waals surface area contributed by atoms with E-state index in [0.29, 0.717) is 43.9 Å². The monoisotopic (exact) mass is 364 g/mol. The van der Waals surface area contributed by atoms with Gasteiger partial charge in [0, 0.05) is 19.3 Å². The molecule has 1 aliphatic rings. The molecular formula is C20H32N2O4. The van der Waals surface area contributed by atoms with Gasteiger partial charge >= 0.3 is 0 Å². The first-order chi connectivity index (χ1) is 12.5. The Morgan fingerprint density at radius 3 is 2.77 bits per heavy atom. The van der Waals surface area contributed by atoms with Gasteiger partial charge < -0.3 is 19.5 Å². The van der Waals surface area contributed by atoms with Crippen molar-refractivity contribution in [2.24, 2.45) is 5.92 Å². The number of amides is 1. The van der Waals surface area contributed by atoms with Gasteiger partial charge in [-0.1, -0.05) is 13.3 Å². The van der Waals surface area contributed by atoms with E-state index in [9.17, 15) is 4.79 Å². The lowest BCUT2D eigenvalue weighted by Crippen LogP contribution is -2.48. The van der Waals surface area contributed by atoms with Crippen LogP contribution in [0.5, 0.6) is 5.88 Å². The summed E-state index contributed by atoms with van der Waals surface area (Å²) >= 11 is 0. The molecule has 1 aromatic heterocycles. The summed E-state index contributed by atoms with van der Waals surface area (Å²) < 4.78 is 16.8. The molecule has 6 heteroatoms. The first-order valence-corrected chi connectivity index (χ1v) is 9.64. The lowest BCUT2D eigenvalue weighted by atomic mass is 9.78. The van der Waals surface area contributed by atoms with Gasteiger partial charge in [-0.15, -0.1) is 0 Å². The maximum Gasteiger partial charge on any atom is 0.256 e. The van der Waals surface area contributed by atoms with Crippen LogP contribution in [0.4, 0.5) is 5.69 Å². The smallest absolute Gasteiger partial charge is 0.256 e. The Morgan fingerprint density at radius 1 is 1.31 bits per heavy atom. The number of aryl methyl sites for hydroxylation is 1. The largest absolute Gasteiger partial charge is 0.475 e. The van der Waals surface area contributed by atoms with E-state index >= 15 is 0 Å². The minimum absolute atomic E-state index is 0.0687. The summed E-state index contributed by atoms with van der Waals surface area (Å²) in [5.41, 5.74) is 0.693. The lowest BCUT2D eigenvalue weighted by molar-refractivity contribution is -0.147. The summed E-state index contributed by atoms with van der Waals surface area (Å²) in [5.74, 6) is 0.952. The topological polar surface area (TPSA) is 69.7 Å². The summed E-state index contributed by atoms with van der Waals surface area (Å²) in [6, 6.07) is 3.60. The minimum Gasteiger partial charge on any atom is -0.475 e. The number of ether oxygens (including phenoxy) is 3. The molecule has 0 saturated heterocycles. The molecule has 26 heavy (non-hydrogen) atoms. The van der Waals surface area contributed by atoms with Gasteiger partial charge in [0.05, 0.1) is 18.0 Å². The van der Waals surface area contributed by atoms with Gasteiger partial charge in [-0.2, -0.15) is 0 Å². The molecule has 0 aliphatic heterocycles. The number of rotatable bonds is 9. The van der Waals surface area contributed by atoms with E-state index in [0.717, 1.165) is 31.4 Å². The van der Waals surface area contributed by atoms with Crippen molar-refractivity contribution in [3.8, 4) is 5.88 Å². The van der Waals surface area contributed by atoms with Crippen molar-refractivity contribution in [2.75, 3.05) is 31.7 Å². The molecule has 1 amide bonds. The first-order valence-electron chi connectivity index (χ1n) is 9.64. The molecule has 0 spiro atoms. The second-order valence-corrected chi connectivity index (χ2v) is 6.91. The van der Waals surface area contributed by atoms with Crippen LogP contribution in [-0.4, -0.2) is 42.9 Å². The van der Waals surface area contributed by atoms with Gasteiger partial charge in [0.15, 0.2) is 0 Å². The van der Waals surface area contributed by atoms with Gasteiger partial charge in [0.25, 0.3) is 5.91 Å². The molecular weight excluding hydrogens is 332 g/mol. The molecule has 1 aliphatic carbocycles. The molecule has 0 aromatic carbocycles. The number of pyridine rings is 1. The number of carbonyl (C=O) groups excluding carboxylic acids is 1. The standard InChI is InChI=1S/C20H32N2O4/c1-5-24-12-13-25-18-10-9-17(16(4)21-18)22-19(23)20(26-6-2)11-7-8-15(3)14-20/h9-10,15H,5-8,11-14H2,1-4H3,(H,22,23)/t15-,20+/m0/s1. The van der Waals surface area contributed by atoms with Crippen molar-refractivity contribution in [1.29, 1.82) is 0 Å². The van der Waals surface area contributed by atoms with E-state index in [1.54, 1.807) is 6.07 Å². The number of aromatic nitrogens is 1. The van der Waals surface area contributed by atoms with Crippen molar-refractivity contribution < 1.29 is 19.0 Å². The summed E-state index contributed by atoms with van der Waals surface area (Å²) in [4.78, 5) is 17.4. The normalized spacial score (nSPS) is 22.8. The van der Waals surface area contributed by atoms with Crippen LogP contribution < -0.4 is 10.1 Å². The van der Waals surface area contributed by atoms with E-state index in [1.807, 2.05) is 26.8 Å². The molecule has 1 heterocycles. The maximum absolute atomic E-state index is 13.0. The molecule has 1 N–H and O–H groups in total. The molecule has 146 valence electrons. The fourth-order valence-electron chi connectivity index (χ4n) is 3.52. The Balaban J connectivity index is 2.03. The van der Waals surface area contributed by atoms with Gasteiger partial charge in [-0.05, 0) is 52.0 Å². The van der Waals surface area contributed by atoms with Gasteiger partial charge in [-0.3, -0.25) is 4.79 Å². The number of carbonyl (C=O) groups is 1. The van der Waals surface area contributed by atoms with Gasteiger partial charge in [-0.25, -0.2) is 4.98 Å². The van der Waals surface area contributed by atoms with Crippen LogP contribution in [0.15, 0.2) is 12.1 Å². The Hall–Kier alpha value is -1.66. The maximum atomic E-state index is 13.0. The van der Waals surface area contributed by atoms with Crippen LogP contribution in [-0.2, 0) is 14.3 Å². The Bertz CT molecular complexity index is 589. The van der Waals surface area contributed by atoms with E-state index in [-0.39, 0.29) is 5.91 Å². The third-order valence-electron chi connectivity index (χ3n) is 4.78. The number of nitrogens with zero attached hydrogens (tertiary/aromatic N) is 1. The molecule has 2 atom stereocenters. The van der Waals surface area contributed by atoms with Crippen molar-refractivity contribution in [3.63, 3.8) is 0 Å². The van der Waals surface area contributed by atoms with Crippen LogP contribution in [0, 0.1) is 12.8 Å². The Kier molecular flexibility index (Phi) is 7.85. The SMILES string of the molecule is CCOCCOc1ccc(NC(=O)[C@@]2(OCC)CCC[C@H](C)C2)c(C)n1. The summed E-state index contributed by atoms with van der Waals surface area (Å²) in [6.07, 6.45) is 3.69. The van der Waals surface area contributed by atoms with Crippen LogP contribution in [0.1, 0.15) is 52.1 Å². The van der Waals surface area contributed by atoms with Crippen molar-refractivity contribution >= 4 is 11.6 Å². The molecule has 1 fully saturated rings. The van der Waals surface area contributed by atoms with Crippen molar-refractivity contribution in [2.45, 2.75) is 59.0 Å². The van der Waals surface area contributed by atoms with Gasteiger partial charge in [0.1, 0.15) is 12.2 Å². The number of anilines is 1. The zero-order chi connectivity index (χ0) is 19.0. The quantitative estimate of drug-likeness (QED) is 0.676. The lowest BCUT2D eigenvalue weighted by Gasteiger charge is -2.38. The average Bonchev–Trinajstić information content (AvgIpc) is 2.61. The molecule has 1 aromatic rings. The number of hydrogen-bond acceptors (Lipinski definition) is 5. The second-order valence-electron chi connectivity index (χ2n) is 6.91. The van der Waals surface area contributed by atoms with Crippen molar-refractivity contribution in [3.05, 3.63) is 17.8 Å². The zero-order valence-corrected chi connectivity index (χ0v) is 16.5. The van der Waals surface area contributed by atoms with E-state index in [1.165, 1.54) is 0 Å². The van der Waals surface area contributed by atoms with E-state index in [2.05, 4.69) is 17.2 Å². The highest BCUT2D eigenvalue weighted by Crippen LogP contribution is 2.36. The first kappa shape index (κ1) is 20.6. The molecule has 1 saturated carbocycles. The highest BCUT2D eigenvalue weighted by molar-refractivity contribution is 5.97. The summed E-state index contributed by atoms with van der Waals surface area (Å²) in [7, 11) is 0. The minimum atomic E-state index is -0.731. The predicted octanol–water partition coefficient (Wildman–Crippen LogP) is 3.73. The highest BCUT2D eigenvalue weighted by Gasteiger charge is 2.42. The molecule has 0 unspecified atom stereocenters. The Labute approximate surface area is 156 Å². The summed E-state index contributed by atoms with van der Waals surface area (Å²) in [5, 5.41) is 3.02. The molecule has 2 rings (SSSR count). The molecule has 6 nitrogen and oxygen atoms in total. The number of hydrogen-bond donors (Lipinski definition) is 1. The fourth-order valence-corrected chi connectivity index (χ4v) is 3.52. The van der Waals surface area contributed by atoms with Crippen LogP contribution in [0.25, 0.3) is 0 Å². The van der Waals surface area contributed by atoms with E-state index in [4.69, 9.17) is 14.2 Å². The summed E-state index contributed by atoms with van der Waals surface area (Å²) in [6.45, 7) is 10.1. The van der Waals surface area contributed by atoms with Crippen LogP contribution in [0.3, 0.4) is 0 Å². The zero-order valence-electron chi connectivity index (χ0n) is 16.5. The average molecular weight is 364 g/mol. The molecule has 0 radical (unpaired) electrons. The van der Waals surface area contributed by atoms with Gasteiger partial charge in [0.2, 0.25) is 5.88 Å². The van der Waals surface area contributed by atoms with Crippen LogP contribution in [0.2, 0.25) is 0 Å². The second kappa shape index (κ2) is 9.88. The third kappa shape index (κ3) is 5.42. The van der Waals surface area contributed by atoms with Crippen molar-refractivity contribution in [1.82, 2.24) is 4.98 Å². The highest BCUT2D eigenvalue weighted by atomic mass is 16.5. The molecule has 0 bridgehead atoms. The fraction of sp³-hybridized carbons (Fsp3) is 0.700.